The summed E-state index contributed by atoms with van der Waals surface area (Å²) in [4.78, 5) is 10.4. The van der Waals surface area contributed by atoms with Crippen molar-refractivity contribution in [3.8, 4) is 0 Å². The number of hydrogen-bond acceptors (Lipinski definition) is 3. The minimum atomic E-state index is 0.654. The fraction of sp³-hybridized carbons (Fsp3) is 0.125. The largest absolute Gasteiger partial charge is 0.321 e. The number of carbonyl (C=O) groups excluding carboxylic acids is 1. The van der Waals surface area contributed by atoms with Crippen molar-refractivity contribution in [2.75, 3.05) is 12.5 Å². The zero-order valence-corrected chi connectivity index (χ0v) is 6.29. The lowest BCUT2D eigenvalue weighted by Gasteiger charge is -2.04. The molecule has 2 N–H and O–H groups in total. The fourth-order valence-electron chi connectivity index (χ4n) is 0.848. The molecule has 0 bridgehead atoms. The average Bonchev–Trinajstić information content (AvgIpc) is 2.06. The molecule has 0 saturated carbocycles. The number of rotatable bonds is 3. The van der Waals surface area contributed by atoms with Crippen LogP contribution in [-0.4, -0.2) is 13.3 Å². The number of hydrazine groups is 1. The Balaban J connectivity index is 2.92. The number of carbonyl (C=O) groups is 1. The van der Waals surface area contributed by atoms with E-state index < -0.39 is 0 Å². The highest BCUT2D eigenvalue weighted by molar-refractivity contribution is 5.83. The van der Waals surface area contributed by atoms with Crippen LogP contribution in [0.4, 0.5) is 5.69 Å². The summed E-state index contributed by atoms with van der Waals surface area (Å²) in [6.45, 7) is 0. The van der Waals surface area contributed by atoms with Crippen molar-refractivity contribution >= 4 is 12.0 Å². The van der Waals surface area contributed by atoms with Gasteiger partial charge in [-0.05, 0) is 12.1 Å². The van der Waals surface area contributed by atoms with Gasteiger partial charge in [0.05, 0.1) is 5.69 Å². The van der Waals surface area contributed by atoms with E-state index >= 15 is 0 Å². The number of nitrogens with one attached hydrogen (secondary N) is 2. The first-order valence-electron chi connectivity index (χ1n) is 3.35. The van der Waals surface area contributed by atoms with Gasteiger partial charge < -0.3 is 5.43 Å². The molecule has 0 fully saturated rings. The lowest BCUT2D eigenvalue weighted by molar-refractivity contribution is 0.112. The molecular formula is C8H10N2O. The molecule has 0 amide bonds. The van der Waals surface area contributed by atoms with Crippen LogP contribution in [0, 0.1) is 0 Å². The van der Waals surface area contributed by atoms with Crippen LogP contribution in [0.15, 0.2) is 24.3 Å². The van der Waals surface area contributed by atoms with Gasteiger partial charge in [0.1, 0.15) is 0 Å². The molecule has 0 aliphatic rings. The molecule has 0 aliphatic carbocycles. The maximum absolute atomic E-state index is 10.4. The number of para-hydroxylation sites is 1. The average molecular weight is 150 g/mol. The van der Waals surface area contributed by atoms with E-state index in [9.17, 15) is 4.79 Å². The normalized spacial score (nSPS) is 9.18. The Labute approximate surface area is 65.4 Å². The second-order valence-electron chi connectivity index (χ2n) is 2.08. The molecule has 11 heavy (non-hydrogen) atoms. The van der Waals surface area contributed by atoms with Gasteiger partial charge in [-0.25, -0.2) is 5.43 Å². The standard InChI is InChI=1S/C8H10N2O/c1-9-10-8-5-3-2-4-7(8)6-11/h2-6,9-10H,1H3. The van der Waals surface area contributed by atoms with Gasteiger partial charge >= 0.3 is 0 Å². The molecule has 0 aliphatic heterocycles. The first-order chi connectivity index (χ1) is 5.38. The Morgan fingerprint density at radius 1 is 1.36 bits per heavy atom. The third kappa shape index (κ3) is 1.78. The molecule has 0 atom stereocenters. The molecule has 1 aromatic carbocycles. The van der Waals surface area contributed by atoms with E-state index in [1.165, 1.54) is 0 Å². The van der Waals surface area contributed by atoms with Crippen molar-refractivity contribution in [3.05, 3.63) is 29.8 Å². The van der Waals surface area contributed by atoms with Crippen molar-refractivity contribution < 1.29 is 4.79 Å². The predicted molar refractivity (Wildman–Crippen MR) is 44.5 cm³/mol. The van der Waals surface area contributed by atoms with Gasteiger partial charge in [0.15, 0.2) is 6.29 Å². The van der Waals surface area contributed by atoms with Gasteiger partial charge in [0, 0.05) is 12.6 Å². The highest BCUT2D eigenvalue weighted by Crippen LogP contribution is 2.10. The Hall–Kier alpha value is -1.35. The third-order valence-electron chi connectivity index (χ3n) is 1.35. The smallest absolute Gasteiger partial charge is 0.152 e. The Bertz CT molecular complexity index is 248. The van der Waals surface area contributed by atoms with Crippen molar-refractivity contribution in [1.29, 1.82) is 0 Å². The number of aldehydes is 1. The van der Waals surface area contributed by atoms with Crippen LogP contribution in [-0.2, 0) is 0 Å². The summed E-state index contributed by atoms with van der Waals surface area (Å²) in [6.07, 6.45) is 0.819. The number of hydrogen-bond donors (Lipinski definition) is 2. The molecule has 58 valence electrons. The summed E-state index contributed by atoms with van der Waals surface area (Å²) in [5, 5.41) is 0. The lowest BCUT2D eigenvalue weighted by Crippen LogP contribution is -2.16. The zero-order valence-electron chi connectivity index (χ0n) is 6.29. The monoisotopic (exact) mass is 150 g/mol. The zero-order chi connectivity index (χ0) is 8.10. The number of anilines is 1. The highest BCUT2D eigenvalue weighted by Gasteiger charge is 1.95. The van der Waals surface area contributed by atoms with Crippen LogP contribution < -0.4 is 10.9 Å². The molecule has 0 saturated heterocycles. The van der Waals surface area contributed by atoms with Gasteiger partial charge in [-0.3, -0.25) is 4.79 Å². The maximum atomic E-state index is 10.4. The summed E-state index contributed by atoms with van der Waals surface area (Å²) in [5.74, 6) is 0. The summed E-state index contributed by atoms with van der Waals surface area (Å²) < 4.78 is 0. The first-order valence-corrected chi connectivity index (χ1v) is 3.35. The van der Waals surface area contributed by atoms with Crippen LogP contribution in [0.5, 0.6) is 0 Å². The molecule has 3 heteroatoms. The Morgan fingerprint density at radius 2 is 2.09 bits per heavy atom. The van der Waals surface area contributed by atoms with Crippen LogP contribution in [0.2, 0.25) is 0 Å². The summed E-state index contributed by atoms with van der Waals surface area (Å²) in [5.41, 5.74) is 7.05. The molecule has 1 rings (SSSR count). The fourth-order valence-corrected chi connectivity index (χ4v) is 0.848. The lowest BCUT2D eigenvalue weighted by atomic mass is 10.2. The van der Waals surface area contributed by atoms with E-state index in [4.69, 9.17) is 0 Å². The van der Waals surface area contributed by atoms with E-state index in [0.29, 0.717) is 5.56 Å². The summed E-state index contributed by atoms with van der Waals surface area (Å²) in [7, 11) is 1.75. The van der Waals surface area contributed by atoms with Crippen LogP contribution in [0.3, 0.4) is 0 Å². The molecule has 3 nitrogen and oxygen atoms in total. The third-order valence-corrected chi connectivity index (χ3v) is 1.35. The highest BCUT2D eigenvalue weighted by atomic mass is 16.1. The Morgan fingerprint density at radius 3 is 2.73 bits per heavy atom. The van der Waals surface area contributed by atoms with Crippen LogP contribution in [0.25, 0.3) is 0 Å². The molecule has 0 radical (unpaired) electrons. The molecule has 1 aromatic rings. The van der Waals surface area contributed by atoms with Crippen LogP contribution >= 0.6 is 0 Å². The van der Waals surface area contributed by atoms with Crippen molar-refractivity contribution in [2.45, 2.75) is 0 Å². The molecule has 0 spiro atoms. The van der Waals surface area contributed by atoms with Gasteiger partial charge in [0.2, 0.25) is 0 Å². The van der Waals surface area contributed by atoms with Crippen molar-refractivity contribution in [1.82, 2.24) is 5.43 Å². The minimum absolute atomic E-state index is 0.654. The SMILES string of the molecule is CNNc1ccccc1C=O. The van der Waals surface area contributed by atoms with Crippen molar-refractivity contribution in [2.24, 2.45) is 0 Å². The second kappa shape index (κ2) is 3.73. The second-order valence-corrected chi connectivity index (χ2v) is 2.08. The van der Waals surface area contributed by atoms with Gasteiger partial charge in [-0.15, -0.1) is 0 Å². The minimum Gasteiger partial charge on any atom is -0.321 e. The van der Waals surface area contributed by atoms with Crippen molar-refractivity contribution in [3.63, 3.8) is 0 Å². The molecule has 0 aromatic heterocycles. The van der Waals surface area contributed by atoms with Crippen LogP contribution in [0.1, 0.15) is 10.4 Å². The quantitative estimate of drug-likeness (QED) is 0.499. The van der Waals surface area contributed by atoms with Gasteiger partial charge in [-0.1, -0.05) is 12.1 Å². The van der Waals surface area contributed by atoms with E-state index in [2.05, 4.69) is 10.9 Å². The summed E-state index contributed by atoms with van der Waals surface area (Å²) >= 11 is 0. The van der Waals surface area contributed by atoms with E-state index in [1.54, 1.807) is 13.1 Å². The predicted octanol–water partition coefficient (Wildman–Crippen LogP) is 1.05. The Kier molecular flexibility index (Phi) is 2.63. The van der Waals surface area contributed by atoms with E-state index in [1.807, 2.05) is 18.2 Å². The van der Waals surface area contributed by atoms with Gasteiger partial charge in [-0.2, -0.15) is 0 Å². The maximum Gasteiger partial charge on any atom is 0.152 e. The van der Waals surface area contributed by atoms with Gasteiger partial charge in [0.25, 0.3) is 0 Å². The van der Waals surface area contributed by atoms with E-state index in [-0.39, 0.29) is 0 Å². The molecular weight excluding hydrogens is 140 g/mol. The first kappa shape index (κ1) is 7.75. The number of benzene rings is 1. The topological polar surface area (TPSA) is 41.1 Å². The molecule has 0 unspecified atom stereocenters. The molecule has 0 heterocycles. The summed E-state index contributed by atoms with van der Waals surface area (Å²) in [6, 6.07) is 7.28. The van der Waals surface area contributed by atoms with E-state index in [0.717, 1.165) is 12.0 Å².